The molecule has 25 heavy (non-hydrogen) atoms. The number of benzene rings is 1. The van der Waals surface area contributed by atoms with Gasteiger partial charge in [0.15, 0.2) is 11.5 Å². The van der Waals surface area contributed by atoms with Crippen LogP contribution in [0.2, 0.25) is 5.02 Å². The van der Waals surface area contributed by atoms with Gasteiger partial charge in [-0.2, -0.15) is 0 Å². The molecule has 0 radical (unpaired) electrons. The monoisotopic (exact) mass is 381 g/mol. The standard InChI is InChI=1S/C17H20ClN3O3S/c1-10(2)7-15-20-21-17(25-15)19-14(22)6-5-11-8-12(18)16(24-4)13(9-11)23-3/h5-6,8-10H,7H2,1-4H3,(H,19,21,22)/b6-5+. The van der Waals surface area contributed by atoms with Gasteiger partial charge in [-0.25, -0.2) is 0 Å². The highest BCUT2D eigenvalue weighted by molar-refractivity contribution is 7.15. The Morgan fingerprint density at radius 2 is 2.08 bits per heavy atom. The van der Waals surface area contributed by atoms with E-state index in [1.165, 1.54) is 31.6 Å². The maximum atomic E-state index is 12.0. The summed E-state index contributed by atoms with van der Waals surface area (Å²) >= 11 is 7.53. The zero-order chi connectivity index (χ0) is 18.4. The summed E-state index contributed by atoms with van der Waals surface area (Å²) in [5.41, 5.74) is 0.718. The van der Waals surface area contributed by atoms with Crippen molar-refractivity contribution in [3.05, 3.63) is 33.8 Å². The van der Waals surface area contributed by atoms with Crippen LogP contribution >= 0.6 is 22.9 Å². The van der Waals surface area contributed by atoms with Crippen molar-refractivity contribution in [1.29, 1.82) is 0 Å². The first-order valence-corrected chi connectivity index (χ1v) is 8.85. The molecule has 0 unspecified atom stereocenters. The van der Waals surface area contributed by atoms with Crippen LogP contribution in [0, 0.1) is 5.92 Å². The molecule has 2 aromatic rings. The molecule has 0 saturated carbocycles. The summed E-state index contributed by atoms with van der Waals surface area (Å²) in [4.78, 5) is 12.0. The van der Waals surface area contributed by atoms with E-state index in [1.807, 2.05) is 0 Å². The number of hydrogen-bond acceptors (Lipinski definition) is 6. The minimum absolute atomic E-state index is 0.293. The van der Waals surface area contributed by atoms with Gasteiger partial charge in [-0.05, 0) is 29.7 Å². The fraction of sp³-hybridized carbons (Fsp3) is 0.353. The number of halogens is 1. The van der Waals surface area contributed by atoms with Gasteiger partial charge in [0.25, 0.3) is 0 Å². The van der Waals surface area contributed by atoms with Gasteiger partial charge in [0, 0.05) is 12.5 Å². The number of hydrogen-bond donors (Lipinski definition) is 1. The van der Waals surface area contributed by atoms with Crippen LogP contribution in [0.5, 0.6) is 11.5 Å². The highest BCUT2D eigenvalue weighted by Crippen LogP contribution is 2.36. The van der Waals surface area contributed by atoms with Gasteiger partial charge >= 0.3 is 0 Å². The number of nitrogens with zero attached hydrogens (tertiary/aromatic N) is 2. The van der Waals surface area contributed by atoms with E-state index in [1.54, 1.807) is 18.2 Å². The van der Waals surface area contributed by atoms with Crippen molar-refractivity contribution in [1.82, 2.24) is 10.2 Å². The van der Waals surface area contributed by atoms with Crippen LogP contribution in [-0.4, -0.2) is 30.3 Å². The molecular weight excluding hydrogens is 362 g/mol. The number of amides is 1. The highest BCUT2D eigenvalue weighted by Gasteiger charge is 2.11. The molecule has 6 nitrogen and oxygen atoms in total. The fourth-order valence-electron chi connectivity index (χ4n) is 2.09. The van der Waals surface area contributed by atoms with E-state index < -0.39 is 0 Å². The molecule has 0 aliphatic carbocycles. The Labute approximate surface area is 155 Å². The number of methoxy groups -OCH3 is 2. The van der Waals surface area contributed by atoms with Gasteiger partial charge in [0.1, 0.15) is 5.01 Å². The average molecular weight is 382 g/mol. The summed E-state index contributed by atoms with van der Waals surface area (Å²) in [7, 11) is 3.04. The molecular formula is C17H20ClN3O3S. The summed E-state index contributed by atoms with van der Waals surface area (Å²) in [5.74, 6) is 1.15. The lowest BCUT2D eigenvalue weighted by Gasteiger charge is -2.10. The smallest absolute Gasteiger partial charge is 0.250 e. The normalized spacial score (nSPS) is 11.1. The van der Waals surface area contributed by atoms with E-state index in [2.05, 4.69) is 29.4 Å². The highest BCUT2D eigenvalue weighted by atomic mass is 35.5. The Hall–Kier alpha value is -2.12. The van der Waals surface area contributed by atoms with Gasteiger partial charge in [-0.15, -0.1) is 10.2 Å². The lowest BCUT2D eigenvalue weighted by molar-refractivity contribution is -0.111. The van der Waals surface area contributed by atoms with E-state index in [-0.39, 0.29) is 5.91 Å². The first-order chi connectivity index (χ1) is 11.9. The largest absolute Gasteiger partial charge is 0.493 e. The van der Waals surface area contributed by atoms with E-state index in [9.17, 15) is 4.79 Å². The van der Waals surface area contributed by atoms with E-state index in [0.717, 1.165) is 17.0 Å². The van der Waals surface area contributed by atoms with Gasteiger partial charge < -0.3 is 9.47 Å². The van der Waals surface area contributed by atoms with E-state index in [0.29, 0.717) is 27.6 Å². The molecule has 2 rings (SSSR count). The molecule has 1 N–H and O–H groups in total. The molecule has 1 amide bonds. The van der Waals surface area contributed by atoms with Gasteiger partial charge in [0.2, 0.25) is 11.0 Å². The quantitative estimate of drug-likeness (QED) is 0.732. The second-order valence-corrected chi connectivity index (χ2v) is 7.13. The molecule has 0 aliphatic heterocycles. The molecule has 0 fully saturated rings. The molecule has 1 heterocycles. The van der Waals surface area contributed by atoms with Gasteiger partial charge in [0.05, 0.1) is 19.2 Å². The Morgan fingerprint density at radius 1 is 1.32 bits per heavy atom. The molecule has 1 aromatic heterocycles. The molecule has 0 atom stereocenters. The Morgan fingerprint density at radius 3 is 2.72 bits per heavy atom. The van der Waals surface area contributed by atoms with Crippen LogP contribution in [0.4, 0.5) is 5.13 Å². The second-order valence-electron chi connectivity index (χ2n) is 5.66. The van der Waals surface area contributed by atoms with Crippen molar-refractivity contribution in [2.24, 2.45) is 5.92 Å². The van der Waals surface area contributed by atoms with Crippen molar-refractivity contribution in [3.8, 4) is 11.5 Å². The first kappa shape index (κ1) is 19.2. The van der Waals surface area contributed by atoms with Crippen molar-refractivity contribution >= 4 is 40.1 Å². The Balaban J connectivity index is 2.05. The van der Waals surface area contributed by atoms with Gasteiger partial charge in [-0.3, -0.25) is 10.1 Å². The van der Waals surface area contributed by atoms with Crippen molar-refractivity contribution in [3.63, 3.8) is 0 Å². The summed E-state index contributed by atoms with van der Waals surface area (Å²) in [6.45, 7) is 4.22. The Kier molecular flexibility index (Phi) is 6.78. The van der Waals surface area contributed by atoms with Gasteiger partial charge in [-0.1, -0.05) is 36.8 Å². The zero-order valence-corrected chi connectivity index (χ0v) is 16.1. The minimum atomic E-state index is -0.293. The van der Waals surface area contributed by atoms with Crippen LogP contribution in [0.15, 0.2) is 18.2 Å². The summed E-state index contributed by atoms with van der Waals surface area (Å²) in [6, 6.07) is 3.43. The van der Waals surface area contributed by atoms with Crippen LogP contribution in [0.1, 0.15) is 24.4 Å². The predicted octanol–water partition coefficient (Wildman–Crippen LogP) is 4.06. The zero-order valence-electron chi connectivity index (χ0n) is 14.5. The summed E-state index contributed by atoms with van der Waals surface area (Å²) in [6.07, 6.45) is 3.88. The van der Waals surface area contributed by atoms with Crippen LogP contribution in [0.3, 0.4) is 0 Å². The lowest BCUT2D eigenvalue weighted by Crippen LogP contribution is -2.07. The van der Waals surface area contributed by atoms with Crippen LogP contribution < -0.4 is 14.8 Å². The molecule has 0 saturated heterocycles. The number of carbonyl (C=O) groups excluding carboxylic acids is 1. The first-order valence-electron chi connectivity index (χ1n) is 7.66. The average Bonchev–Trinajstić information content (AvgIpc) is 2.98. The number of rotatable bonds is 7. The third-order valence-corrected chi connectivity index (χ3v) is 4.30. The van der Waals surface area contributed by atoms with Crippen LogP contribution in [0.25, 0.3) is 6.08 Å². The SMILES string of the molecule is COc1cc(/C=C/C(=O)Nc2nnc(CC(C)C)s2)cc(Cl)c1OC. The third kappa shape index (κ3) is 5.44. The number of nitrogens with one attached hydrogen (secondary N) is 1. The molecule has 8 heteroatoms. The lowest BCUT2D eigenvalue weighted by atomic mass is 10.1. The number of aromatic nitrogens is 2. The summed E-state index contributed by atoms with van der Waals surface area (Å²) < 4.78 is 10.4. The molecule has 1 aromatic carbocycles. The number of ether oxygens (including phenoxy) is 2. The van der Waals surface area contributed by atoms with Crippen LogP contribution in [-0.2, 0) is 11.2 Å². The topological polar surface area (TPSA) is 73.3 Å². The fourth-order valence-corrected chi connectivity index (χ4v) is 3.34. The summed E-state index contributed by atoms with van der Waals surface area (Å²) in [5, 5.41) is 12.5. The second kappa shape index (κ2) is 8.82. The van der Waals surface area contributed by atoms with E-state index >= 15 is 0 Å². The third-order valence-electron chi connectivity index (χ3n) is 3.16. The molecule has 134 valence electrons. The minimum Gasteiger partial charge on any atom is -0.493 e. The Bertz CT molecular complexity index is 774. The molecule has 0 spiro atoms. The predicted molar refractivity (Wildman–Crippen MR) is 101 cm³/mol. The van der Waals surface area contributed by atoms with E-state index in [4.69, 9.17) is 21.1 Å². The molecule has 0 bridgehead atoms. The number of anilines is 1. The van der Waals surface area contributed by atoms with Crippen molar-refractivity contribution in [2.75, 3.05) is 19.5 Å². The maximum Gasteiger partial charge on any atom is 0.250 e. The van der Waals surface area contributed by atoms with Crippen molar-refractivity contribution < 1.29 is 14.3 Å². The maximum absolute atomic E-state index is 12.0. The molecule has 0 aliphatic rings. The number of carbonyl (C=O) groups is 1. The van der Waals surface area contributed by atoms with Crippen molar-refractivity contribution in [2.45, 2.75) is 20.3 Å².